The van der Waals surface area contributed by atoms with E-state index in [4.69, 9.17) is 11.6 Å². The molecular weight excluding hydrogens is 414 g/mol. The highest BCUT2D eigenvalue weighted by Crippen LogP contribution is 2.52. The van der Waals surface area contributed by atoms with E-state index >= 15 is 0 Å². The van der Waals surface area contributed by atoms with E-state index in [9.17, 15) is 19.8 Å². The van der Waals surface area contributed by atoms with Crippen LogP contribution in [0.4, 0.5) is 0 Å². The second-order valence-electron chi connectivity index (χ2n) is 7.86. The van der Waals surface area contributed by atoms with Crippen LogP contribution < -0.4 is 0 Å². The van der Waals surface area contributed by atoms with Crippen LogP contribution in [0.1, 0.15) is 43.7 Å². The summed E-state index contributed by atoms with van der Waals surface area (Å²) < 4.78 is 0. The number of halogens is 1. The van der Waals surface area contributed by atoms with Gasteiger partial charge in [0.05, 0.1) is 6.04 Å². The van der Waals surface area contributed by atoms with Gasteiger partial charge in [0, 0.05) is 16.7 Å². The van der Waals surface area contributed by atoms with Gasteiger partial charge in [-0.1, -0.05) is 73.1 Å². The Hall–Kier alpha value is -2.92. The van der Waals surface area contributed by atoms with Gasteiger partial charge in [0.15, 0.2) is 0 Å². The summed E-state index contributed by atoms with van der Waals surface area (Å²) in [6.45, 7) is 3.61. The Labute approximate surface area is 187 Å². The van der Waals surface area contributed by atoms with Crippen molar-refractivity contribution in [2.45, 2.75) is 38.6 Å². The number of nitrogens with zero attached hydrogens (tertiary/aromatic N) is 1. The van der Waals surface area contributed by atoms with Crippen LogP contribution in [0.3, 0.4) is 0 Å². The molecule has 0 radical (unpaired) electrons. The predicted molar refractivity (Wildman–Crippen MR) is 123 cm³/mol. The average Bonchev–Trinajstić information content (AvgIpc) is 2.74. The normalized spacial score (nSPS) is 25.9. The van der Waals surface area contributed by atoms with Crippen LogP contribution in [-0.2, 0) is 9.59 Å². The molecule has 2 N–H and O–H groups in total. The number of hydrogen-bond donors (Lipinski definition) is 2. The average molecular weight is 440 g/mol. The Bertz CT molecular complexity index is 1020. The van der Waals surface area contributed by atoms with Crippen LogP contribution >= 0.6 is 11.6 Å². The van der Waals surface area contributed by atoms with Crippen molar-refractivity contribution in [1.82, 2.24) is 0 Å². The summed E-state index contributed by atoms with van der Waals surface area (Å²) in [7, 11) is 0. The van der Waals surface area contributed by atoms with Gasteiger partial charge < -0.3 is 10.2 Å². The molecule has 31 heavy (non-hydrogen) atoms. The molecule has 1 aliphatic rings. The fourth-order valence-corrected chi connectivity index (χ4v) is 4.83. The Morgan fingerprint density at radius 2 is 1.84 bits per heavy atom. The number of rotatable bonds is 7. The summed E-state index contributed by atoms with van der Waals surface area (Å²) in [6.07, 6.45) is 4.25. The number of carbonyl (C=O) groups is 2. The minimum Gasteiger partial charge on any atom is -0.481 e. The van der Waals surface area contributed by atoms with Crippen molar-refractivity contribution < 1.29 is 19.8 Å². The lowest BCUT2D eigenvalue weighted by molar-refractivity contribution is -0.155. The van der Waals surface area contributed by atoms with E-state index in [0.717, 1.165) is 5.56 Å². The zero-order valence-electron chi connectivity index (χ0n) is 17.5. The van der Waals surface area contributed by atoms with Crippen molar-refractivity contribution >= 4 is 35.3 Å². The third-order valence-corrected chi connectivity index (χ3v) is 6.39. The highest BCUT2D eigenvalue weighted by molar-refractivity contribution is 6.30. The van der Waals surface area contributed by atoms with Crippen LogP contribution in [0.2, 0.25) is 5.02 Å². The maximum absolute atomic E-state index is 12.8. The van der Waals surface area contributed by atoms with Gasteiger partial charge in [0.25, 0.3) is 0 Å². The van der Waals surface area contributed by atoms with Crippen molar-refractivity contribution in [3.05, 3.63) is 76.8 Å². The lowest BCUT2D eigenvalue weighted by Crippen LogP contribution is -2.54. The van der Waals surface area contributed by atoms with Crippen LogP contribution in [-0.4, -0.2) is 33.9 Å². The third kappa shape index (κ3) is 4.42. The largest absolute Gasteiger partial charge is 0.481 e. The van der Waals surface area contributed by atoms with Crippen molar-refractivity contribution in [3.8, 4) is 0 Å². The molecule has 5 nitrogen and oxygen atoms in total. The highest BCUT2D eigenvalue weighted by Gasteiger charge is 2.58. The summed E-state index contributed by atoms with van der Waals surface area (Å²) in [5, 5.41) is 21.0. The summed E-state index contributed by atoms with van der Waals surface area (Å²) in [5.74, 6) is -3.99. The van der Waals surface area contributed by atoms with Crippen LogP contribution in [0.5, 0.6) is 0 Å². The quantitative estimate of drug-likeness (QED) is 0.591. The van der Waals surface area contributed by atoms with Crippen molar-refractivity contribution in [2.24, 2.45) is 16.3 Å². The van der Waals surface area contributed by atoms with E-state index in [2.05, 4.69) is 4.99 Å². The molecule has 0 saturated carbocycles. The fraction of sp³-hybridized carbons (Fsp3) is 0.320. The molecule has 1 heterocycles. The number of aliphatic imine (C=N–C) groups is 1. The molecular formula is C25H26ClNO4. The van der Waals surface area contributed by atoms with Crippen LogP contribution in [0.15, 0.2) is 65.7 Å². The molecule has 0 amide bonds. The van der Waals surface area contributed by atoms with Crippen LogP contribution in [0, 0.1) is 11.3 Å². The summed E-state index contributed by atoms with van der Waals surface area (Å²) in [6, 6.07) is 15.8. The molecule has 0 bridgehead atoms. The zero-order chi connectivity index (χ0) is 22.6. The first kappa shape index (κ1) is 22.8. The standard InChI is InChI=1S/C25H26ClNO4/c1-3-20-21(23(28)29)22(18-12-7-13-19(26)15-18)25(24(30)31,16(2)27-20)14-8-11-17-9-5-4-6-10-17/h4-13,15-16,21-22H,3,14H2,1-2H3,(H,28,29)(H,30,31). The molecule has 2 aromatic rings. The number of aliphatic carboxylic acids is 2. The van der Waals surface area contributed by atoms with Crippen molar-refractivity contribution in [3.63, 3.8) is 0 Å². The van der Waals surface area contributed by atoms with Crippen LogP contribution in [0.25, 0.3) is 6.08 Å². The Morgan fingerprint density at radius 1 is 1.13 bits per heavy atom. The highest BCUT2D eigenvalue weighted by atomic mass is 35.5. The van der Waals surface area contributed by atoms with Gasteiger partial charge in [-0.05, 0) is 43.0 Å². The predicted octanol–water partition coefficient (Wildman–Crippen LogP) is 5.55. The fourth-order valence-electron chi connectivity index (χ4n) is 4.63. The van der Waals surface area contributed by atoms with E-state index in [1.807, 2.05) is 49.4 Å². The molecule has 1 aliphatic heterocycles. The number of carboxylic acid groups (broad SMARTS) is 2. The Balaban J connectivity index is 2.18. The van der Waals surface area contributed by atoms with Gasteiger partial charge in [-0.15, -0.1) is 0 Å². The van der Waals surface area contributed by atoms with Crippen molar-refractivity contribution in [1.29, 1.82) is 0 Å². The number of allylic oxidation sites excluding steroid dienone is 1. The Kier molecular flexibility index (Phi) is 6.96. The molecule has 0 spiro atoms. The van der Waals surface area contributed by atoms with Gasteiger partial charge in [0.1, 0.15) is 11.3 Å². The summed E-state index contributed by atoms with van der Waals surface area (Å²) in [5.41, 5.74) is 0.618. The maximum atomic E-state index is 12.8. The summed E-state index contributed by atoms with van der Waals surface area (Å²) in [4.78, 5) is 29.8. The van der Waals surface area contributed by atoms with E-state index in [1.54, 1.807) is 31.2 Å². The van der Waals surface area contributed by atoms with Gasteiger partial charge in [-0.3, -0.25) is 14.6 Å². The first-order valence-electron chi connectivity index (χ1n) is 10.3. The molecule has 0 aliphatic carbocycles. The first-order valence-corrected chi connectivity index (χ1v) is 10.7. The number of hydrogen-bond acceptors (Lipinski definition) is 3. The lowest BCUT2D eigenvalue weighted by Gasteiger charge is -2.46. The molecule has 4 atom stereocenters. The lowest BCUT2D eigenvalue weighted by atomic mass is 9.58. The minimum absolute atomic E-state index is 0.139. The van der Waals surface area contributed by atoms with Gasteiger partial charge in [0.2, 0.25) is 0 Å². The molecule has 3 rings (SSSR count). The summed E-state index contributed by atoms with van der Waals surface area (Å²) >= 11 is 6.22. The Morgan fingerprint density at radius 3 is 2.42 bits per heavy atom. The minimum atomic E-state index is -1.43. The maximum Gasteiger partial charge on any atom is 0.312 e. The number of carboxylic acids is 2. The topological polar surface area (TPSA) is 87.0 Å². The zero-order valence-corrected chi connectivity index (χ0v) is 18.3. The number of benzene rings is 2. The monoisotopic (exact) mass is 439 g/mol. The molecule has 0 fully saturated rings. The van der Waals surface area contributed by atoms with E-state index in [-0.39, 0.29) is 6.42 Å². The molecule has 2 aromatic carbocycles. The first-order chi connectivity index (χ1) is 14.8. The third-order valence-electron chi connectivity index (χ3n) is 6.15. The second-order valence-corrected chi connectivity index (χ2v) is 8.30. The smallest absolute Gasteiger partial charge is 0.312 e. The molecule has 6 heteroatoms. The van der Waals surface area contributed by atoms with E-state index < -0.39 is 35.2 Å². The van der Waals surface area contributed by atoms with E-state index in [0.29, 0.717) is 22.7 Å². The molecule has 4 unspecified atom stereocenters. The second kappa shape index (κ2) is 9.48. The van der Waals surface area contributed by atoms with Gasteiger partial charge >= 0.3 is 11.9 Å². The molecule has 0 aromatic heterocycles. The van der Waals surface area contributed by atoms with Gasteiger partial charge in [-0.25, -0.2) is 0 Å². The molecule has 162 valence electrons. The SMILES string of the molecule is CCC1=NC(C)C(CC=Cc2ccccc2)(C(=O)O)C(c2cccc(Cl)c2)C1C(=O)O. The van der Waals surface area contributed by atoms with E-state index in [1.165, 1.54) is 0 Å². The molecule has 0 saturated heterocycles. The van der Waals surface area contributed by atoms with Gasteiger partial charge in [-0.2, -0.15) is 0 Å². The van der Waals surface area contributed by atoms with Crippen molar-refractivity contribution in [2.75, 3.05) is 0 Å².